The predicted octanol–water partition coefficient (Wildman–Crippen LogP) is 5.10. The van der Waals surface area contributed by atoms with E-state index in [4.69, 9.17) is 14.2 Å². The number of esters is 3. The Morgan fingerprint density at radius 2 is 1.59 bits per heavy atom. The van der Waals surface area contributed by atoms with Crippen molar-refractivity contribution >= 4 is 23.7 Å². The zero-order valence-electron chi connectivity index (χ0n) is 23.5. The first-order valence-corrected chi connectivity index (χ1v) is 14.0. The van der Waals surface area contributed by atoms with Gasteiger partial charge in [0.05, 0.1) is 25.4 Å². The first-order valence-electron chi connectivity index (χ1n) is 14.0. The summed E-state index contributed by atoms with van der Waals surface area (Å²) in [6.07, 6.45) is 10.2. The highest BCUT2D eigenvalue weighted by Gasteiger charge is 2.61. The van der Waals surface area contributed by atoms with Crippen LogP contribution in [0, 0.1) is 17.3 Å². The fraction of sp³-hybridized carbons (Fsp3) is 0.793. The molecule has 0 aromatic heterocycles. The summed E-state index contributed by atoms with van der Waals surface area (Å²) in [6.45, 7) is 9.55. The molecule has 0 spiro atoms. The lowest BCUT2D eigenvalue weighted by molar-refractivity contribution is -0.163. The van der Waals surface area contributed by atoms with E-state index in [0.29, 0.717) is 38.7 Å². The minimum Gasteiger partial charge on any atom is -0.466 e. The molecule has 0 saturated heterocycles. The molecule has 1 aliphatic rings. The molecule has 212 valence electrons. The average molecular weight is 525 g/mol. The molecule has 8 heteroatoms. The third-order valence-electron chi connectivity index (χ3n) is 7.07. The number of carbonyl (C=O) groups excluding carboxylic acids is 4. The number of hydrogen-bond donors (Lipinski definition) is 1. The highest BCUT2D eigenvalue weighted by atomic mass is 16.5. The van der Waals surface area contributed by atoms with E-state index in [-0.39, 0.29) is 32.0 Å². The fourth-order valence-electron chi connectivity index (χ4n) is 5.07. The monoisotopic (exact) mass is 524 g/mol. The Morgan fingerprint density at radius 3 is 2.22 bits per heavy atom. The summed E-state index contributed by atoms with van der Waals surface area (Å²) in [4.78, 5) is 51.3. The number of ketones is 1. The molecular formula is C29H48O8. The van der Waals surface area contributed by atoms with Gasteiger partial charge in [-0.05, 0) is 53.4 Å². The van der Waals surface area contributed by atoms with Crippen LogP contribution in [0.3, 0.4) is 0 Å². The maximum atomic E-state index is 13.7. The first-order chi connectivity index (χ1) is 17.6. The third kappa shape index (κ3) is 9.87. The first kappa shape index (κ1) is 32.8. The Hall–Kier alpha value is -2.22. The number of aliphatic hydroxyl groups is 1. The lowest BCUT2D eigenvalue weighted by Gasteiger charge is -2.31. The summed E-state index contributed by atoms with van der Waals surface area (Å²) in [6, 6.07) is 0. The lowest BCUT2D eigenvalue weighted by Crippen LogP contribution is -2.44. The normalized spacial score (nSPS) is 23.1. The molecule has 8 nitrogen and oxygen atoms in total. The molecule has 4 atom stereocenters. The van der Waals surface area contributed by atoms with Crippen LogP contribution < -0.4 is 0 Å². The highest BCUT2D eigenvalue weighted by Crippen LogP contribution is 2.49. The molecule has 2 unspecified atom stereocenters. The van der Waals surface area contributed by atoms with E-state index in [1.807, 2.05) is 0 Å². The van der Waals surface area contributed by atoms with E-state index in [2.05, 4.69) is 6.92 Å². The molecular weight excluding hydrogens is 476 g/mol. The van der Waals surface area contributed by atoms with Gasteiger partial charge in [0.25, 0.3) is 0 Å². The van der Waals surface area contributed by atoms with Gasteiger partial charge in [0.2, 0.25) is 0 Å². The standard InChI is InChI=1S/C29H48O8/c1-6-10-14-18-28(5,34)20-17-22-21-23(26(32)36-8-3)25(31)29(22,27(33)37-9-4)19-15-12-11-13-16-24(30)35-7-2/h17,20,22-23,34H,6-16,18-19,21H2,1-5H3/t22-,23-,28?,29?/m0/s1. The van der Waals surface area contributed by atoms with Crippen molar-refractivity contribution in [1.29, 1.82) is 0 Å². The number of Topliss-reactive ketones (excluding diaryl/α,β-unsaturated/α-hetero) is 1. The number of allylic oxidation sites excluding steroid dienone is 1. The summed E-state index contributed by atoms with van der Waals surface area (Å²) in [5, 5.41) is 10.9. The summed E-state index contributed by atoms with van der Waals surface area (Å²) in [5.74, 6) is -3.58. The van der Waals surface area contributed by atoms with Crippen LogP contribution in [0.5, 0.6) is 0 Å². The SMILES string of the molecule is CCCCCC(C)(O)C=C[C@H]1C[C@H](C(=O)OCC)C(=O)C1(CCCCCCC(=O)OCC)C(=O)OCC. The second kappa shape index (κ2) is 16.6. The van der Waals surface area contributed by atoms with E-state index in [0.717, 1.165) is 25.7 Å². The molecule has 1 saturated carbocycles. The van der Waals surface area contributed by atoms with E-state index >= 15 is 0 Å². The van der Waals surface area contributed by atoms with Gasteiger partial charge < -0.3 is 19.3 Å². The molecule has 0 bridgehead atoms. The summed E-state index contributed by atoms with van der Waals surface area (Å²) in [7, 11) is 0. The van der Waals surface area contributed by atoms with Gasteiger partial charge in [-0.2, -0.15) is 0 Å². The maximum absolute atomic E-state index is 13.7. The number of unbranched alkanes of at least 4 members (excludes halogenated alkanes) is 5. The Labute approximate surface area is 222 Å². The smallest absolute Gasteiger partial charge is 0.320 e. The van der Waals surface area contributed by atoms with Gasteiger partial charge in [0.15, 0.2) is 5.78 Å². The maximum Gasteiger partial charge on any atom is 0.320 e. The minimum atomic E-state index is -1.51. The van der Waals surface area contributed by atoms with Crippen LogP contribution in [0.1, 0.15) is 105 Å². The van der Waals surface area contributed by atoms with Crippen LogP contribution in [0.15, 0.2) is 12.2 Å². The second-order valence-electron chi connectivity index (χ2n) is 10.1. The summed E-state index contributed by atoms with van der Waals surface area (Å²) < 4.78 is 15.5. The van der Waals surface area contributed by atoms with E-state index in [1.165, 1.54) is 0 Å². The van der Waals surface area contributed by atoms with Gasteiger partial charge >= 0.3 is 17.9 Å². The third-order valence-corrected chi connectivity index (χ3v) is 7.07. The lowest BCUT2D eigenvalue weighted by atomic mass is 9.72. The van der Waals surface area contributed by atoms with Crippen molar-refractivity contribution in [3.8, 4) is 0 Å². The van der Waals surface area contributed by atoms with Crippen LogP contribution in [-0.4, -0.2) is 54.2 Å². The molecule has 1 rings (SSSR count). The van der Waals surface area contributed by atoms with Crippen LogP contribution >= 0.6 is 0 Å². The number of hydrogen-bond acceptors (Lipinski definition) is 8. The van der Waals surface area contributed by atoms with Gasteiger partial charge in [0, 0.05) is 12.3 Å². The zero-order chi connectivity index (χ0) is 27.9. The van der Waals surface area contributed by atoms with Crippen molar-refractivity contribution in [2.45, 2.75) is 111 Å². The number of carbonyl (C=O) groups is 4. The van der Waals surface area contributed by atoms with Gasteiger partial charge in [-0.15, -0.1) is 0 Å². The van der Waals surface area contributed by atoms with Gasteiger partial charge in [-0.3, -0.25) is 19.2 Å². The van der Waals surface area contributed by atoms with E-state index in [9.17, 15) is 24.3 Å². The summed E-state index contributed by atoms with van der Waals surface area (Å²) in [5.41, 5.74) is -2.60. The van der Waals surface area contributed by atoms with Gasteiger partial charge in [0.1, 0.15) is 11.3 Å². The Kier molecular flexibility index (Phi) is 14.7. The van der Waals surface area contributed by atoms with Crippen LogP contribution in [0.2, 0.25) is 0 Å². The Bertz CT molecular complexity index is 772. The van der Waals surface area contributed by atoms with Crippen molar-refractivity contribution < 1.29 is 38.5 Å². The minimum absolute atomic E-state index is 0.114. The van der Waals surface area contributed by atoms with Crippen molar-refractivity contribution in [3.05, 3.63) is 12.2 Å². The van der Waals surface area contributed by atoms with Crippen LogP contribution in [0.4, 0.5) is 0 Å². The van der Waals surface area contributed by atoms with E-state index in [1.54, 1.807) is 39.8 Å². The molecule has 1 fully saturated rings. The quantitative estimate of drug-likeness (QED) is 0.0866. The fourth-order valence-corrected chi connectivity index (χ4v) is 5.07. The largest absolute Gasteiger partial charge is 0.466 e. The number of ether oxygens (including phenoxy) is 3. The van der Waals surface area contributed by atoms with E-state index < -0.39 is 40.6 Å². The highest BCUT2D eigenvalue weighted by molar-refractivity contribution is 6.14. The topological polar surface area (TPSA) is 116 Å². The molecule has 0 aliphatic heterocycles. The van der Waals surface area contributed by atoms with Gasteiger partial charge in [-0.25, -0.2) is 0 Å². The molecule has 0 amide bonds. The second-order valence-corrected chi connectivity index (χ2v) is 10.1. The van der Waals surface area contributed by atoms with Crippen molar-refractivity contribution in [3.63, 3.8) is 0 Å². The molecule has 0 aromatic carbocycles. The van der Waals surface area contributed by atoms with Crippen molar-refractivity contribution in [1.82, 2.24) is 0 Å². The van der Waals surface area contributed by atoms with Crippen LogP contribution in [0.25, 0.3) is 0 Å². The molecule has 1 N–H and O–H groups in total. The zero-order valence-corrected chi connectivity index (χ0v) is 23.5. The molecule has 37 heavy (non-hydrogen) atoms. The number of rotatable bonds is 18. The molecule has 0 heterocycles. The van der Waals surface area contributed by atoms with Gasteiger partial charge in [-0.1, -0.05) is 57.6 Å². The molecule has 1 aliphatic carbocycles. The van der Waals surface area contributed by atoms with Crippen LogP contribution in [-0.2, 0) is 33.4 Å². The average Bonchev–Trinajstić information content (AvgIpc) is 3.13. The Balaban J connectivity index is 3.15. The molecule has 0 radical (unpaired) electrons. The molecule has 0 aromatic rings. The summed E-state index contributed by atoms with van der Waals surface area (Å²) >= 11 is 0. The van der Waals surface area contributed by atoms with Crippen molar-refractivity contribution in [2.75, 3.05) is 19.8 Å². The van der Waals surface area contributed by atoms with Crippen molar-refractivity contribution in [2.24, 2.45) is 17.3 Å². The predicted molar refractivity (Wildman–Crippen MR) is 141 cm³/mol. The Morgan fingerprint density at radius 1 is 0.946 bits per heavy atom.